The van der Waals surface area contributed by atoms with E-state index in [0.29, 0.717) is 16.5 Å². The average molecular weight is 302 g/mol. The molecule has 1 aromatic rings. The predicted octanol–water partition coefficient (Wildman–Crippen LogP) is 3.28. The zero-order valence-electron chi connectivity index (χ0n) is 10.7. The second-order valence-electron chi connectivity index (χ2n) is 4.13. The minimum Gasteiger partial charge on any atom is -0.396 e. The number of aliphatic hydroxyl groups excluding tert-OH is 1. The molecule has 0 aliphatic rings. The van der Waals surface area contributed by atoms with Crippen molar-refractivity contribution in [1.29, 1.82) is 0 Å². The van der Waals surface area contributed by atoms with Gasteiger partial charge in [0.1, 0.15) is 0 Å². The van der Waals surface area contributed by atoms with E-state index >= 15 is 0 Å². The van der Waals surface area contributed by atoms with Gasteiger partial charge in [-0.3, -0.25) is 4.79 Å². The van der Waals surface area contributed by atoms with E-state index in [0.717, 1.165) is 12.0 Å². The van der Waals surface area contributed by atoms with Gasteiger partial charge in [-0.25, -0.2) is 0 Å². The highest BCUT2D eigenvalue weighted by atomic mass is 35.5. The number of carbonyl (C=O) groups is 1. The van der Waals surface area contributed by atoms with Crippen LogP contribution in [-0.4, -0.2) is 23.7 Å². The molecule has 19 heavy (non-hydrogen) atoms. The number of benzene rings is 1. The normalized spacial score (nSPS) is 12.6. The number of nitrogens with one attached hydrogen (secondary N) is 1. The summed E-state index contributed by atoms with van der Waals surface area (Å²) >= 11 is 11.8. The number of amides is 1. The molecule has 0 radical (unpaired) electrons. The van der Waals surface area contributed by atoms with Gasteiger partial charge in [-0.2, -0.15) is 0 Å². The van der Waals surface area contributed by atoms with Crippen molar-refractivity contribution in [1.82, 2.24) is 5.32 Å². The molecule has 1 rings (SSSR count). The Morgan fingerprint density at radius 3 is 2.79 bits per heavy atom. The summed E-state index contributed by atoms with van der Waals surface area (Å²) in [6, 6.07) is 5.08. The lowest BCUT2D eigenvalue weighted by molar-refractivity contribution is -0.117. The van der Waals surface area contributed by atoms with Crippen molar-refractivity contribution >= 4 is 35.2 Å². The molecule has 0 fully saturated rings. The first-order chi connectivity index (χ1) is 9.06. The minimum atomic E-state index is -0.202. The van der Waals surface area contributed by atoms with Crippen LogP contribution in [0.3, 0.4) is 0 Å². The fourth-order valence-corrected chi connectivity index (χ4v) is 2.06. The highest BCUT2D eigenvalue weighted by molar-refractivity contribution is 6.35. The lowest BCUT2D eigenvalue weighted by atomic mass is 10.1. The van der Waals surface area contributed by atoms with Gasteiger partial charge in [-0.05, 0) is 36.6 Å². The summed E-state index contributed by atoms with van der Waals surface area (Å²) in [6.45, 7) is 2.02. The van der Waals surface area contributed by atoms with E-state index < -0.39 is 0 Å². The van der Waals surface area contributed by atoms with Crippen LogP contribution in [0.25, 0.3) is 6.08 Å². The Morgan fingerprint density at radius 1 is 1.47 bits per heavy atom. The molecule has 0 aromatic heterocycles. The average Bonchev–Trinajstić information content (AvgIpc) is 2.37. The first kappa shape index (κ1) is 16.0. The first-order valence-electron chi connectivity index (χ1n) is 6.11. The van der Waals surface area contributed by atoms with Crippen LogP contribution in [0.4, 0.5) is 0 Å². The highest BCUT2D eigenvalue weighted by Crippen LogP contribution is 2.21. The minimum absolute atomic E-state index is 0.0113. The number of hydrogen-bond acceptors (Lipinski definition) is 2. The molecular weight excluding hydrogens is 285 g/mol. The van der Waals surface area contributed by atoms with Crippen LogP contribution in [-0.2, 0) is 4.79 Å². The van der Waals surface area contributed by atoms with Crippen molar-refractivity contribution in [3.63, 3.8) is 0 Å². The summed E-state index contributed by atoms with van der Waals surface area (Å²) < 4.78 is 0. The fraction of sp³-hybridized carbons (Fsp3) is 0.357. The van der Waals surface area contributed by atoms with Crippen LogP contribution >= 0.6 is 23.2 Å². The lowest BCUT2D eigenvalue weighted by Gasteiger charge is -2.13. The lowest BCUT2D eigenvalue weighted by Crippen LogP contribution is -2.33. The maximum Gasteiger partial charge on any atom is 0.244 e. The summed E-state index contributed by atoms with van der Waals surface area (Å²) in [5, 5.41) is 12.7. The van der Waals surface area contributed by atoms with Crippen LogP contribution in [0, 0.1) is 0 Å². The second kappa shape index (κ2) is 8.20. The van der Waals surface area contributed by atoms with E-state index in [1.54, 1.807) is 24.3 Å². The molecule has 0 saturated carbocycles. The second-order valence-corrected chi connectivity index (χ2v) is 4.97. The van der Waals surface area contributed by atoms with Crippen LogP contribution in [0.15, 0.2) is 24.3 Å². The zero-order chi connectivity index (χ0) is 14.3. The third-order valence-electron chi connectivity index (χ3n) is 2.69. The van der Waals surface area contributed by atoms with Crippen LogP contribution < -0.4 is 5.32 Å². The maximum absolute atomic E-state index is 11.7. The Balaban J connectivity index is 2.62. The number of carbonyl (C=O) groups excluding carboxylic acids is 1. The number of aliphatic hydroxyl groups is 1. The summed E-state index contributed by atoms with van der Waals surface area (Å²) in [7, 11) is 0. The fourth-order valence-electron chi connectivity index (χ4n) is 1.59. The van der Waals surface area contributed by atoms with Gasteiger partial charge < -0.3 is 10.4 Å². The number of rotatable bonds is 6. The summed E-state index contributed by atoms with van der Waals surface area (Å²) in [5.74, 6) is -0.202. The van der Waals surface area contributed by atoms with E-state index in [-0.39, 0.29) is 18.6 Å². The Morgan fingerprint density at radius 2 is 2.21 bits per heavy atom. The first-order valence-corrected chi connectivity index (χ1v) is 6.87. The topological polar surface area (TPSA) is 49.3 Å². The molecule has 0 bridgehead atoms. The molecule has 0 saturated heterocycles. The molecule has 0 heterocycles. The van der Waals surface area contributed by atoms with Gasteiger partial charge in [0.2, 0.25) is 5.91 Å². The van der Waals surface area contributed by atoms with Gasteiger partial charge in [0.15, 0.2) is 0 Å². The zero-order valence-corrected chi connectivity index (χ0v) is 12.2. The third-order valence-corrected chi connectivity index (χ3v) is 3.26. The molecule has 1 atom stereocenters. The standard InChI is InChI=1S/C14H17Cl2NO2/c1-2-12(7-8-18)17-14(19)6-4-10-3-5-11(15)9-13(10)16/h3-6,9,12,18H,2,7-8H2,1H3,(H,17,19)/b6-4+. The van der Waals surface area contributed by atoms with Crippen molar-refractivity contribution in [3.8, 4) is 0 Å². The Labute approximate surface area is 123 Å². The van der Waals surface area contributed by atoms with E-state index in [1.165, 1.54) is 6.08 Å². The maximum atomic E-state index is 11.7. The highest BCUT2D eigenvalue weighted by Gasteiger charge is 2.07. The summed E-state index contributed by atoms with van der Waals surface area (Å²) in [5.41, 5.74) is 0.733. The molecule has 0 aliphatic carbocycles. The van der Waals surface area contributed by atoms with Crippen LogP contribution in [0.1, 0.15) is 25.3 Å². The van der Waals surface area contributed by atoms with Gasteiger partial charge in [0, 0.05) is 28.8 Å². The molecule has 1 aromatic carbocycles. The summed E-state index contributed by atoms with van der Waals surface area (Å²) in [6.07, 6.45) is 4.40. The van der Waals surface area contributed by atoms with Gasteiger partial charge in [-0.15, -0.1) is 0 Å². The van der Waals surface area contributed by atoms with Gasteiger partial charge in [-0.1, -0.05) is 36.2 Å². The van der Waals surface area contributed by atoms with Crippen molar-refractivity contribution in [2.75, 3.05) is 6.61 Å². The van der Waals surface area contributed by atoms with Crippen molar-refractivity contribution < 1.29 is 9.90 Å². The SMILES string of the molecule is CCC(CCO)NC(=O)/C=C/c1ccc(Cl)cc1Cl. The quantitative estimate of drug-likeness (QED) is 0.792. The van der Waals surface area contributed by atoms with Crippen LogP contribution in [0.2, 0.25) is 10.0 Å². The van der Waals surface area contributed by atoms with Crippen molar-refractivity contribution in [2.24, 2.45) is 0 Å². The van der Waals surface area contributed by atoms with Crippen molar-refractivity contribution in [3.05, 3.63) is 39.9 Å². The molecule has 0 spiro atoms. The number of halogens is 2. The molecule has 5 heteroatoms. The monoisotopic (exact) mass is 301 g/mol. The smallest absolute Gasteiger partial charge is 0.244 e. The molecule has 2 N–H and O–H groups in total. The van der Waals surface area contributed by atoms with Crippen molar-refractivity contribution in [2.45, 2.75) is 25.8 Å². The Hall–Kier alpha value is -1.03. The molecule has 1 amide bonds. The van der Waals surface area contributed by atoms with E-state index in [1.807, 2.05) is 6.92 Å². The van der Waals surface area contributed by atoms with Gasteiger partial charge in [0.25, 0.3) is 0 Å². The molecule has 3 nitrogen and oxygen atoms in total. The predicted molar refractivity (Wildman–Crippen MR) is 79.4 cm³/mol. The van der Waals surface area contributed by atoms with Crippen LogP contribution in [0.5, 0.6) is 0 Å². The van der Waals surface area contributed by atoms with Gasteiger partial charge >= 0.3 is 0 Å². The number of hydrogen-bond donors (Lipinski definition) is 2. The molecule has 0 aliphatic heterocycles. The summed E-state index contributed by atoms with van der Waals surface area (Å²) in [4.78, 5) is 11.7. The molecule has 1 unspecified atom stereocenters. The largest absolute Gasteiger partial charge is 0.396 e. The Bertz CT molecular complexity index is 461. The third kappa shape index (κ3) is 5.64. The molecular formula is C14H17Cl2NO2. The van der Waals surface area contributed by atoms with E-state index in [2.05, 4.69) is 5.32 Å². The molecule has 104 valence electrons. The van der Waals surface area contributed by atoms with E-state index in [4.69, 9.17) is 28.3 Å². The Kier molecular flexibility index (Phi) is 6.92. The van der Waals surface area contributed by atoms with E-state index in [9.17, 15) is 4.79 Å². The van der Waals surface area contributed by atoms with Gasteiger partial charge in [0.05, 0.1) is 0 Å².